The molecular formula is C36H33N. The maximum absolute atomic E-state index is 2.42. The van der Waals surface area contributed by atoms with Gasteiger partial charge in [-0.25, -0.2) is 0 Å². The highest BCUT2D eigenvalue weighted by Crippen LogP contribution is 2.41. The van der Waals surface area contributed by atoms with E-state index in [0.717, 1.165) is 29.9 Å². The summed E-state index contributed by atoms with van der Waals surface area (Å²) >= 11 is 0. The maximum atomic E-state index is 2.42. The molecule has 0 aliphatic heterocycles. The first-order valence-electron chi connectivity index (χ1n) is 13.2. The van der Waals surface area contributed by atoms with Crippen molar-refractivity contribution in [3.05, 3.63) is 167 Å². The lowest BCUT2D eigenvalue weighted by Gasteiger charge is -2.31. The molecule has 5 aromatic rings. The van der Waals surface area contributed by atoms with E-state index in [1.807, 2.05) is 0 Å². The molecule has 0 radical (unpaired) electrons. The first-order valence-corrected chi connectivity index (χ1v) is 13.2. The van der Waals surface area contributed by atoms with E-state index in [2.05, 4.69) is 158 Å². The van der Waals surface area contributed by atoms with E-state index in [9.17, 15) is 0 Å². The van der Waals surface area contributed by atoms with Crippen LogP contribution in [0.5, 0.6) is 0 Å². The molecule has 0 amide bonds. The molecule has 0 aliphatic rings. The van der Waals surface area contributed by atoms with Crippen LogP contribution >= 0.6 is 0 Å². The highest BCUT2D eigenvalue weighted by Gasteiger charge is 2.23. The second-order valence-corrected chi connectivity index (χ2v) is 9.20. The van der Waals surface area contributed by atoms with E-state index in [-0.39, 0.29) is 0 Å². The van der Waals surface area contributed by atoms with Gasteiger partial charge >= 0.3 is 0 Å². The van der Waals surface area contributed by atoms with Gasteiger partial charge in [-0.3, -0.25) is 0 Å². The Hall–Kier alpha value is -4.36. The van der Waals surface area contributed by atoms with Crippen LogP contribution in [0.15, 0.2) is 140 Å². The molecular weight excluding hydrogens is 446 g/mol. The lowest BCUT2D eigenvalue weighted by molar-refractivity contribution is 1.13. The van der Waals surface area contributed by atoms with Crippen LogP contribution in [0.4, 0.5) is 11.4 Å². The zero-order chi connectivity index (χ0) is 25.5. The van der Waals surface area contributed by atoms with Crippen LogP contribution < -0.4 is 4.90 Å². The van der Waals surface area contributed by atoms with Gasteiger partial charge in [0.25, 0.3) is 0 Å². The van der Waals surface area contributed by atoms with E-state index >= 15 is 0 Å². The molecule has 37 heavy (non-hydrogen) atoms. The van der Waals surface area contributed by atoms with Crippen LogP contribution in [0.2, 0.25) is 0 Å². The van der Waals surface area contributed by atoms with Gasteiger partial charge in [-0.2, -0.15) is 0 Å². The molecule has 0 heterocycles. The van der Waals surface area contributed by atoms with Gasteiger partial charge in [-0.1, -0.05) is 129 Å². The van der Waals surface area contributed by atoms with Crippen LogP contribution in [0, 0.1) is 0 Å². The smallest absolute Gasteiger partial charge is 0.0618 e. The minimum absolute atomic E-state index is 1.02. The van der Waals surface area contributed by atoms with Gasteiger partial charge < -0.3 is 4.90 Å². The largest absolute Gasteiger partial charge is 0.309 e. The van der Waals surface area contributed by atoms with Gasteiger partial charge in [0.2, 0.25) is 0 Å². The van der Waals surface area contributed by atoms with Crippen LogP contribution in [0.1, 0.15) is 41.7 Å². The summed E-state index contributed by atoms with van der Waals surface area (Å²) in [5.41, 5.74) is 10.9. The molecule has 5 aromatic carbocycles. The molecule has 1 nitrogen and oxygen atoms in total. The van der Waals surface area contributed by atoms with Crippen LogP contribution in [0.3, 0.4) is 0 Å². The maximum Gasteiger partial charge on any atom is 0.0618 e. The summed E-state index contributed by atoms with van der Waals surface area (Å²) in [6, 6.07) is 50.3. The number of benzene rings is 5. The molecule has 0 spiro atoms. The topological polar surface area (TPSA) is 3.24 Å². The monoisotopic (exact) mass is 479 g/mol. The van der Waals surface area contributed by atoms with Crippen molar-refractivity contribution in [1.29, 1.82) is 0 Å². The second-order valence-electron chi connectivity index (χ2n) is 9.20. The molecule has 0 aromatic heterocycles. The predicted octanol–water partition coefficient (Wildman–Crippen LogP) is 9.57. The van der Waals surface area contributed by atoms with Crippen molar-refractivity contribution >= 4 is 22.6 Å². The lowest BCUT2D eigenvalue weighted by Crippen LogP contribution is -2.18. The third-order valence-corrected chi connectivity index (χ3v) is 6.84. The molecule has 5 rings (SSSR count). The summed E-state index contributed by atoms with van der Waals surface area (Å²) in [7, 11) is 0. The molecule has 0 bridgehead atoms. The van der Waals surface area contributed by atoms with E-state index in [0.29, 0.717) is 0 Å². The van der Waals surface area contributed by atoms with Crippen molar-refractivity contribution in [3.8, 4) is 0 Å². The van der Waals surface area contributed by atoms with Gasteiger partial charge in [0.1, 0.15) is 0 Å². The fourth-order valence-electron chi connectivity index (χ4n) is 4.80. The van der Waals surface area contributed by atoms with Gasteiger partial charge in [0, 0.05) is 16.9 Å². The lowest BCUT2D eigenvalue weighted by atomic mass is 9.91. The highest BCUT2D eigenvalue weighted by molar-refractivity contribution is 6.06. The quantitative estimate of drug-likeness (QED) is 0.200. The number of aryl methyl sites for hydroxylation is 2. The number of nitrogens with zero attached hydrogens (tertiary/aromatic N) is 1. The Morgan fingerprint density at radius 3 is 1.14 bits per heavy atom. The zero-order valence-electron chi connectivity index (χ0n) is 21.6. The molecule has 0 saturated carbocycles. The SMILES string of the molecule is CCc1ccc(N(C(=C(c2ccccc2)c2ccccc2)c2ccccc2)c2ccc(CC)cc2)cc1. The molecule has 0 unspecified atom stereocenters. The molecule has 0 aliphatic carbocycles. The minimum atomic E-state index is 1.02. The van der Waals surface area contributed by atoms with Crippen molar-refractivity contribution in [2.24, 2.45) is 0 Å². The Labute approximate surface area is 221 Å². The summed E-state index contributed by atoms with van der Waals surface area (Å²) in [6.45, 7) is 4.41. The standard InChI is InChI=1S/C36H33N/c1-3-28-20-24-33(25-21-28)37(34-26-22-29(4-2)23-27-34)36(32-18-12-7-13-19-32)35(30-14-8-5-9-15-30)31-16-10-6-11-17-31/h5-27H,3-4H2,1-2H3. The van der Waals surface area contributed by atoms with Crippen molar-refractivity contribution < 1.29 is 0 Å². The normalized spacial score (nSPS) is 10.6. The Bertz CT molecular complexity index is 1340. The number of hydrogen-bond donors (Lipinski definition) is 0. The molecule has 1 heteroatoms. The third-order valence-electron chi connectivity index (χ3n) is 6.84. The number of rotatable bonds is 8. The fourth-order valence-corrected chi connectivity index (χ4v) is 4.80. The summed E-state index contributed by atoms with van der Waals surface area (Å²) in [6.07, 6.45) is 2.04. The van der Waals surface area contributed by atoms with Crippen molar-refractivity contribution in [3.63, 3.8) is 0 Å². The van der Waals surface area contributed by atoms with Crippen molar-refractivity contribution in [2.45, 2.75) is 26.7 Å². The van der Waals surface area contributed by atoms with E-state index in [1.54, 1.807) is 0 Å². The Morgan fingerprint density at radius 1 is 0.432 bits per heavy atom. The average Bonchev–Trinajstić information content (AvgIpc) is 2.99. The Kier molecular flexibility index (Phi) is 7.62. The van der Waals surface area contributed by atoms with Gasteiger partial charge in [0.15, 0.2) is 0 Å². The number of hydrogen-bond acceptors (Lipinski definition) is 1. The van der Waals surface area contributed by atoms with Crippen LogP contribution in [0.25, 0.3) is 11.3 Å². The Balaban J connectivity index is 1.87. The Morgan fingerprint density at radius 2 is 0.784 bits per heavy atom. The first-order chi connectivity index (χ1) is 18.3. The predicted molar refractivity (Wildman–Crippen MR) is 159 cm³/mol. The molecule has 0 atom stereocenters. The molecule has 0 N–H and O–H groups in total. The van der Waals surface area contributed by atoms with Crippen molar-refractivity contribution in [2.75, 3.05) is 4.90 Å². The van der Waals surface area contributed by atoms with E-state index in [1.165, 1.54) is 33.4 Å². The third kappa shape index (κ3) is 5.42. The van der Waals surface area contributed by atoms with Crippen molar-refractivity contribution in [1.82, 2.24) is 0 Å². The molecule has 0 saturated heterocycles. The molecule has 0 fully saturated rings. The van der Waals surface area contributed by atoms with Gasteiger partial charge in [-0.15, -0.1) is 0 Å². The molecule has 182 valence electrons. The summed E-state index contributed by atoms with van der Waals surface area (Å²) in [5.74, 6) is 0. The average molecular weight is 480 g/mol. The second kappa shape index (κ2) is 11.6. The van der Waals surface area contributed by atoms with Gasteiger partial charge in [-0.05, 0) is 64.9 Å². The fraction of sp³-hybridized carbons (Fsp3) is 0.111. The van der Waals surface area contributed by atoms with Crippen LogP contribution in [-0.4, -0.2) is 0 Å². The van der Waals surface area contributed by atoms with Crippen LogP contribution in [-0.2, 0) is 12.8 Å². The minimum Gasteiger partial charge on any atom is -0.309 e. The highest BCUT2D eigenvalue weighted by atomic mass is 15.2. The van der Waals surface area contributed by atoms with E-state index < -0.39 is 0 Å². The van der Waals surface area contributed by atoms with Gasteiger partial charge in [0.05, 0.1) is 5.70 Å². The summed E-state index contributed by atoms with van der Waals surface area (Å²) in [4.78, 5) is 2.42. The summed E-state index contributed by atoms with van der Waals surface area (Å²) in [5, 5.41) is 0. The van der Waals surface area contributed by atoms with E-state index in [4.69, 9.17) is 0 Å². The summed E-state index contributed by atoms with van der Waals surface area (Å²) < 4.78 is 0. The number of anilines is 2. The first kappa shape index (κ1) is 24.3. The zero-order valence-corrected chi connectivity index (χ0v) is 21.6.